The van der Waals surface area contributed by atoms with Gasteiger partial charge in [-0.25, -0.2) is 4.39 Å². The first-order chi connectivity index (χ1) is 10.8. The van der Waals surface area contributed by atoms with E-state index in [1.165, 1.54) is 33.3 Å². The van der Waals surface area contributed by atoms with Gasteiger partial charge in [-0.3, -0.25) is 9.36 Å². The SMILES string of the molecule is COP(=O)(OC)C(C)OC(=O)CCCOc1ccc(F)cc1Cl. The van der Waals surface area contributed by atoms with E-state index in [-0.39, 0.29) is 18.1 Å². The predicted octanol–water partition coefficient (Wildman–Crippen LogP) is 4.01. The third-order valence-electron chi connectivity index (χ3n) is 2.93. The summed E-state index contributed by atoms with van der Waals surface area (Å²) in [6.07, 6.45) is 0.403. The van der Waals surface area contributed by atoms with Crippen LogP contribution in [0.4, 0.5) is 4.39 Å². The lowest BCUT2D eigenvalue weighted by molar-refractivity contribution is -0.145. The van der Waals surface area contributed by atoms with Crippen LogP contribution in [0.3, 0.4) is 0 Å². The molecule has 0 spiro atoms. The number of ether oxygens (including phenoxy) is 2. The lowest BCUT2D eigenvalue weighted by Gasteiger charge is -2.20. The smallest absolute Gasteiger partial charge is 0.370 e. The van der Waals surface area contributed by atoms with Gasteiger partial charge in [0, 0.05) is 20.6 Å². The Labute approximate surface area is 139 Å². The second-order valence-electron chi connectivity index (χ2n) is 4.52. The first-order valence-electron chi connectivity index (χ1n) is 6.81. The molecule has 0 amide bonds. The number of halogens is 2. The Bertz CT molecular complexity index is 574. The van der Waals surface area contributed by atoms with Gasteiger partial charge in [-0.1, -0.05) is 11.6 Å². The highest BCUT2D eigenvalue weighted by Crippen LogP contribution is 2.51. The van der Waals surface area contributed by atoms with Crippen molar-refractivity contribution >= 4 is 25.2 Å². The summed E-state index contributed by atoms with van der Waals surface area (Å²) in [6.45, 7) is 1.63. The van der Waals surface area contributed by atoms with Crippen LogP contribution in [0.15, 0.2) is 18.2 Å². The zero-order valence-electron chi connectivity index (χ0n) is 13.1. The summed E-state index contributed by atoms with van der Waals surface area (Å²) in [5.74, 6) is -1.68. The largest absolute Gasteiger partial charge is 0.492 e. The highest BCUT2D eigenvalue weighted by atomic mass is 35.5. The van der Waals surface area contributed by atoms with Crippen LogP contribution in [0, 0.1) is 5.82 Å². The summed E-state index contributed by atoms with van der Waals surface area (Å²) >= 11 is 5.81. The van der Waals surface area contributed by atoms with E-state index in [2.05, 4.69) is 0 Å². The van der Waals surface area contributed by atoms with Crippen molar-refractivity contribution in [2.45, 2.75) is 25.6 Å². The van der Waals surface area contributed by atoms with E-state index >= 15 is 0 Å². The minimum atomic E-state index is -3.45. The second-order valence-corrected chi connectivity index (χ2v) is 7.47. The Kier molecular flexibility index (Phi) is 7.99. The van der Waals surface area contributed by atoms with E-state index in [0.717, 1.165) is 6.07 Å². The maximum Gasteiger partial charge on any atom is 0.370 e. The number of rotatable bonds is 9. The van der Waals surface area contributed by atoms with Crippen molar-refractivity contribution in [2.75, 3.05) is 20.8 Å². The summed E-state index contributed by atoms with van der Waals surface area (Å²) in [5.41, 5.74) is 0. The first-order valence-corrected chi connectivity index (χ1v) is 8.80. The molecule has 0 saturated carbocycles. The quantitative estimate of drug-likeness (QED) is 0.372. The zero-order valence-corrected chi connectivity index (χ0v) is 14.7. The molecule has 0 heterocycles. The van der Waals surface area contributed by atoms with Gasteiger partial charge in [-0.05, 0) is 31.5 Å². The summed E-state index contributed by atoms with van der Waals surface area (Å²) in [6, 6.07) is 3.77. The Morgan fingerprint density at radius 2 is 2.00 bits per heavy atom. The first kappa shape index (κ1) is 19.9. The maximum absolute atomic E-state index is 12.9. The number of esters is 1. The summed E-state index contributed by atoms with van der Waals surface area (Å²) in [5, 5.41) is 0.155. The molecule has 0 fully saturated rings. The van der Waals surface area contributed by atoms with Gasteiger partial charge in [0.15, 0.2) is 5.85 Å². The van der Waals surface area contributed by atoms with Crippen molar-refractivity contribution in [1.82, 2.24) is 0 Å². The molecule has 0 aliphatic rings. The molecule has 1 atom stereocenters. The van der Waals surface area contributed by atoms with Crippen LogP contribution in [0.1, 0.15) is 19.8 Å². The van der Waals surface area contributed by atoms with Crippen LogP contribution < -0.4 is 4.74 Å². The predicted molar refractivity (Wildman–Crippen MR) is 83.3 cm³/mol. The Morgan fingerprint density at radius 1 is 1.35 bits per heavy atom. The molecule has 1 aromatic carbocycles. The average molecular weight is 369 g/mol. The van der Waals surface area contributed by atoms with Gasteiger partial charge in [0.05, 0.1) is 11.6 Å². The van der Waals surface area contributed by atoms with Crippen molar-refractivity contribution < 1.29 is 32.3 Å². The Balaban J connectivity index is 2.35. The van der Waals surface area contributed by atoms with Crippen molar-refractivity contribution in [3.05, 3.63) is 29.0 Å². The molecule has 1 rings (SSSR count). The number of carbonyl (C=O) groups excluding carboxylic acids is 1. The zero-order chi connectivity index (χ0) is 17.5. The van der Waals surface area contributed by atoms with E-state index in [1.807, 2.05) is 0 Å². The molecule has 0 radical (unpaired) electrons. The fourth-order valence-electron chi connectivity index (χ4n) is 1.68. The summed E-state index contributed by atoms with van der Waals surface area (Å²) in [7, 11) is -1.02. The van der Waals surface area contributed by atoms with Gasteiger partial charge < -0.3 is 18.5 Å². The maximum atomic E-state index is 12.9. The molecule has 0 aliphatic carbocycles. The minimum absolute atomic E-state index is 0.0522. The van der Waals surface area contributed by atoms with Gasteiger partial charge in [-0.2, -0.15) is 0 Å². The molecule has 0 bridgehead atoms. The molecule has 23 heavy (non-hydrogen) atoms. The third kappa shape index (κ3) is 6.11. The van der Waals surface area contributed by atoms with E-state index in [0.29, 0.717) is 12.2 Å². The van der Waals surface area contributed by atoms with Crippen molar-refractivity contribution in [3.8, 4) is 5.75 Å². The fourth-order valence-corrected chi connectivity index (χ4v) is 2.89. The molecular formula is C14H19ClFO6P. The molecule has 0 aliphatic heterocycles. The number of hydrogen-bond donors (Lipinski definition) is 0. The second kappa shape index (κ2) is 9.23. The van der Waals surface area contributed by atoms with Crippen LogP contribution in [0.25, 0.3) is 0 Å². The van der Waals surface area contributed by atoms with Gasteiger partial charge >= 0.3 is 13.6 Å². The van der Waals surface area contributed by atoms with E-state index in [1.54, 1.807) is 0 Å². The molecule has 0 aromatic heterocycles. The summed E-state index contributed by atoms with van der Waals surface area (Å²) < 4.78 is 44.7. The summed E-state index contributed by atoms with van der Waals surface area (Å²) in [4.78, 5) is 11.7. The van der Waals surface area contributed by atoms with Gasteiger partial charge in [0.2, 0.25) is 0 Å². The lowest BCUT2D eigenvalue weighted by Crippen LogP contribution is -2.17. The lowest BCUT2D eigenvalue weighted by atomic mass is 10.3. The number of hydrogen-bond acceptors (Lipinski definition) is 6. The van der Waals surface area contributed by atoms with Crippen LogP contribution in [0.2, 0.25) is 5.02 Å². The van der Waals surface area contributed by atoms with Crippen molar-refractivity contribution in [3.63, 3.8) is 0 Å². The topological polar surface area (TPSA) is 71.1 Å². The minimum Gasteiger partial charge on any atom is -0.492 e. The average Bonchev–Trinajstić information content (AvgIpc) is 2.52. The van der Waals surface area contributed by atoms with Crippen molar-refractivity contribution in [1.29, 1.82) is 0 Å². The van der Waals surface area contributed by atoms with Gasteiger partial charge in [0.1, 0.15) is 11.6 Å². The number of benzene rings is 1. The van der Waals surface area contributed by atoms with E-state index < -0.39 is 25.2 Å². The molecular weight excluding hydrogens is 350 g/mol. The molecule has 1 aromatic rings. The fraction of sp³-hybridized carbons (Fsp3) is 0.500. The molecule has 9 heteroatoms. The molecule has 0 saturated heterocycles. The third-order valence-corrected chi connectivity index (χ3v) is 5.24. The van der Waals surface area contributed by atoms with Gasteiger partial charge in [-0.15, -0.1) is 0 Å². The Hall–Kier alpha value is -1.14. The van der Waals surface area contributed by atoms with E-state index in [9.17, 15) is 13.8 Å². The number of carbonyl (C=O) groups is 1. The van der Waals surface area contributed by atoms with Crippen molar-refractivity contribution in [2.24, 2.45) is 0 Å². The Morgan fingerprint density at radius 3 is 2.57 bits per heavy atom. The molecule has 0 N–H and O–H groups in total. The van der Waals surface area contributed by atoms with Crippen LogP contribution >= 0.6 is 19.2 Å². The highest BCUT2D eigenvalue weighted by Gasteiger charge is 2.33. The van der Waals surface area contributed by atoms with Crippen LogP contribution in [-0.4, -0.2) is 32.6 Å². The monoisotopic (exact) mass is 368 g/mol. The molecule has 6 nitrogen and oxygen atoms in total. The standard InChI is InChI=1S/C14H19ClFO6P/c1-10(23(18,19-2)20-3)22-14(17)5-4-8-21-13-7-6-11(16)9-12(13)15/h6-7,9-10H,4-5,8H2,1-3H3. The highest BCUT2D eigenvalue weighted by molar-refractivity contribution is 7.54. The molecule has 1 unspecified atom stereocenters. The molecule has 130 valence electrons. The van der Waals surface area contributed by atoms with E-state index in [4.69, 9.17) is 30.1 Å². The van der Waals surface area contributed by atoms with Gasteiger partial charge in [0.25, 0.3) is 0 Å². The van der Waals surface area contributed by atoms with Crippen LogP contribution in [0.5, 0.6) is 5.75 Å². The normalized spacial score (nSPS) is 12.7. The van der Waals surface area contributed by atoms with Crippen LogP contribution in [-0.2, 0) is 23.1 Å².